The number of carbonyl (C=O) groups excluding carboxylic acids is 1. The normalized spacial score (nSPS) is 11.3. The Morgan fingerprint density at radius 3 is 2.73 bits per heavy atom. The van der Waals surface area contributed by atoms with Crippen LogP contribution < -0.4 is 0 Å². The maximum atomic E-state index is 10.6. The van der Waals surface area contributed by atoms with Crippen molar-refractivity contribution >= 4 is 23.1 Å². The molecule has 0 spiro atoms. The van der Waals surface area contributed by atoms with Gasteiger partial charge in [0.1, 0.15) is 5.75 Å². The van der Waals surface area contributed by atoms with Crippen LogP contribution in [0.1, 0.15) is 19.4 Å². The fourth-order valence-corrected chi connectivity index (χ4v) is 1.23. The first kappa shape index (κ1) is 11.6. The largest absolute Gasteiger partial charge is 0.507 e. The van der Waals surface area contributed by atoms with E-state index in [0.717, 1.165) is 0 Å². The second-order valence-electron chi connectivity index (χ2n) is 3.07. The monoisotopic (exact) mass is 226 g/mol. The molecular weight excluding hydrogens is 216 g/mol. The van der Waals surface area contributed by atoms with Crippen molar-refractivity contribution in [3.05, 3.63) is 35.0 Å². The number of aromatic hydroxyl groups is 1. The van der Waals surface area contributed by atoms with Crippen molar-refractivity contribution in [3.63, 3.8) is 0 Å². The maximum Gasteiger partial charge on any atom is 0.307 e. The summed E-state index contributed by atoms with van der Waals surface area (Å²) >= 11 is 5.78. The minimum atomic E-state index is -0.407. The second-order valence-corrected chi connectivity index (χ2v) is 3.51. The van der Waals surface area contributed by atoms with Crippen molar-refractivity contribution in [2.24, 2.45) is 0 Å². The van der Waals surface area contributed by atoms with E-state index in [-0.39, 0.29) is 5.75 Å². The highest BCUT2D eigenvalue weighted by molar-refractivity contribution is 6.30. The fraction of sp³-hybridized carbons (Fsp3) is 0.182. The zero-order valence-electron chi connectivity index (χ0n) is 8.45. The zero-order valence-corrected chi connectivity index (χ0v) is 9.21. The molecule has 0 bridgehead atoms. The Hall–Kier alpha value is -1.48. The average Bonchev–Trinajstić information content (AvgIpc) is 2.18. The van der Waals surface area contributed by atoms with Gasteiger partial charge in [-0.25, -0.2) is 0 Å². The van der Waals surface area contributed by atoms with Crippen LogP contribution in [0, 0.1) is 0 Å². The lowest BCUT2D eigenvalue weighted by atomic mass is 10.1. The third-order valence-electron chi connectivity index (χ3n) is 1.79. The van der Waals surface area contributed by atoms with E-state index >= 15 is 0 Å². The molecular formula is C11H11ClO3. The molecule has 0 atom stereocenters. The van der Waals surface area contributed by atoms with Crippen LogP contribution in [0.25, 0.3) is 5.57 Å². The molecule has 15 heavy (non-hydrogen) atoms. The number of hydrogen-bond acceptors (Lipinski definition) is 3. The Morgan fingerprint density at radius 2 is 2.13 bits per heavy atom. The molecule has 0 aromatic heterocycles. The number of esters is 1. The van der Waals surface area contributed by atoms with Crippen molar-refractivity contribution in [2.75, 3.05) is 0 Å². The highest BCUT2D eigenvalue weighted by atomic mass is 35.5. The van der Waals surface area contributed by atoms with Gasteiger partial charge in [-0.1, -0.05) is 11.6 Å². The molecule has 0 unspecified atom stereocenters. The first-order chi connectivity index (χ1) is 7.00. The lowest BCUT2D eigenvalue weighted by Crippen LogP contribution is -1.91. The lowest BCUT2D eigenvalue weighted by molar-refractivity contribution is -0.135. The van der Waals surface area contributed by atoms with Gasteiger partial charge in [0.2, 0.25) is 0 Å². The molecule has 1 N–H and O–H groups in total. The topological polar surface area (TPSA) is 46.5 Å². The number of rotatable bonds is 2. The molecule has 0 saturated heterocycles. The molecule has 0 aliphatic carbocycles. The number of ether oxygens (including phenoxy) is 1. The van der Waals surface area contributed by atoms with Crippen molar-refractivity contribution in [1.29, 1.82) is 0 Å². The summed E-state index contributed by atoms with van der Waals surface area (Å²) in [5.74, 6) is -0.309. The second kappa shape index (κ2) is 4.84. The molecule has 1 aromatic carbocycles. The van der Waals surface area contributed by atoms with Crippen LogP contribution in [-0.2, 0) is 9.53 Å². The molecule has 1 rings (SSSR count). The molecule has 0 heterocycles. The summed E-state index contributed by atoms with van der Waals surface area (Å²) < 4.78 is 4.70. The van der Waals surface area contributed by atoms with Gasteiger partial charge in [-0.05, 0) is 30.7 Å². The van der Waals surface area contributed by atoms with E-state index in [1.165, 1.54) is 19.3 Å². The molecule has 0 aliphatic heterocycles. The minimum absolute atomic E-state index is 0.0975. The van der Waals surface area contributed by atoms with Gasteiger partial charge < -0.3 is 9.84 Å². The van der Waals surface area contributed by atoms with E-state index < -0.39 is 5.97 Å². The van der Waals surface area contributed by atoms with Crippen LogP contribution in [0.5, 0.6) is 5.75 Å². The van der Waals surface area contributed by atoms with E-state index in [9.17, 15) is 9.90 Å². The molecule has 0 fully saturated rings. The van der Waals surface area contributed by atoms with Gasteiger partial charge in [-0.3, -0.25) is 4.79 Å². The van der Waals surface area contributed by atoms with Crippen LogP contribution in [0.4, 0.5) is 0 Å². The molecule has 0 radical (unpaired) electrons. The smallest absolute Gasteiger partial charge is 0.307 e. The summed E-state index contributed by atoms with van der Waals surface area (Å²) in [6.07, 6.45) is 1.29. The maximum absolute atomic E-state index is 10.6. The van der Waals surface area contributed by atoms with E-state index in [1.807, 2.05) is 0 Å². The van der Waals surface area contributed by atoms with Crippen LogP contribution >= 0.6 is 11.6 Å². The SMILES string of the molecule is CC(=O)O/C=C(\C)c1cc(Cl)ccc1O. The van der Waals surface area contributed by atoms with Crippen LogP contribution in [-0.4, -0.2) is 11.1 Å². The van der Waals surface area contributed by atoms with Gasteiger partial charge in [0.15, 0.2) is 0 Å². The molecule has 0 amide bonds. The number of carbonyl (C=O) groups is 1. The first-order valence-corrected chi connectivity index (χ1v) is 4.71. The molecule has 4 heteroatoms. The van der Waals surface area contributed by atoms with E-state index in [1.54, 1.807) is 19.1 Å². The van der Waals surface area contributed by atoms with E-state index in [0.29, 0.717) is 16.2 Å². The fourth-order valence-electron chi connectivity index (χ4n) is 1.06. The Balaban J connectivity index is 2.99. The summed E-state index contributed by atoms with van der Waals surface area (Å²) in [4.78, 5) is 10.6. The van der Waals surface area contributed by atoms with Gasteiger partial charge in [0.05, 0.1) is 6.26 Å². The van der Waals surface area contributed by atoms with Gasteiger partial charge >= 0.3 is 5.97 Å². The molecule has 3 nitrogen and oxygen atoms in total. The van der Waals surface area contributed by atoms with Gasteiger partial charge in [0, 0.05) is 17.5 Å². The highest BCUT2D eigenvalue weighted by Crippen LogP contribution is 2.27. The molecule has 0 aliphatic rings. The van der Waals surface area contributed by atoms with E-state index in [4.69, 9.17) is 16.3 Å². The van der Waals surface area contributed by atoms with Gasteiger partial charge in [0.25, 0.3) is 0 Å². The molecule has 0 saturated carbocycles. The predicted octanol–water partition coefficient (Wildman–Crippen LogP) is 2.97. The number of halogens is 1. The van der Waals surface area contributed by atoms with Gasteiger partial charge in [-0.2, -0.15) is 0 Å². The number of benzene rings is 1. The lowest BCUT2D eigenvalue weighted by Gasteiger charge is -2.05. The molecule has 80 valence electrons. The highest BCUT2D eigenvalue weighted by Gasteiger charge is 2.04. The Morgan fingerprint density at radius 1 is 1.47 bits per heavy atom. The number of allylic oxidation sites excluding steroid dienone is 1. The summed E-state index contributed by atoms with van der Waals surface area (Å²) in [5.41, 5.74) is 1.17. The number of phenolic OH excluding ortho intramolecular Hbond substituents is 1. The van der Waals surface area contributed by atoms with Crippen molar-refractivity contribution in [2.45, 2.75) is 13.8 Å². The Kier molecular flexibility index (Phi) is 3.74. The van der Waals surface area contributed by atoms with Crippen LogP contribution in [0.3, 0.4) is 0 Å². The van der Waals surface area contributed by atoms with Crippen molar-refractivity contribution in [1.82, 2.24) is 0 Å². The summed E-state index contributed by atoms with van der Waals surface area (Å²) in [6.45, 7) is 3.02. The van der Waals surface area contributed by atoms with Crippen molar-refractivity contribution < 1.29 is 14.6 Å². The van der Waals surface area contributed by atoms with Crippen LogP contribution in [0.15, 0.2) is 24.5 Å². The molecule has 1 aromatic rings. The number of hydrogen-bond donors (Lipinski definition) is 1. The minimum Gasteiger partial charge on any atom is -0.507 e. The average molecular weight is 227 g/mol. The summed E-state index contributed by atoms with van der Waals surface area (Å²) in [6, 6.07) is 4.68. The zero-order chi connectivity index (χ0) is 11.4. The van der Waals surface area contributed by atoms with E-state index in [2.05, 4.69) is 0 Å². The standard InChI is InChI=1S/C11H11ClO3/c1-7(6-15-8(2)13)10-5-9(12)3-4-11(10)14/h3-6,14H,1-2H3/b7-6+. The first-order valence-electron chi connectivity index (χ1n) is 4.33. The summed E-state index contributed by atoms with van der Waals surface area (Å²) in [5, 5.41) is 10.0. The Labute approximate surface area is 92.9 Å². The van der Waals surface area contributed by atoms with Crippen LogP contribution in [0.2, 0.25) is 5.02 Å². The quantitative estimate of drug-likeness (QED) is 0.623. The summed E-state index contributed by atoms with van der Waals surface area (Å²) in [7, 11) is 0. The predicted molar refractivity (Wildman–Crippen MR) is 58.5 cm³/mol. The number of phenols is 1. The van der Waals surface area contributed by atoms with Crippen molar-refractivity contribution in [3.8, 4) is 5.75 Å². The Bertz CT molecular complexity index is 410. The third-order valence-corrected chi connectivity index (χ3v) is 2.02. The third kappa shape index (κ3) is 3.29. The van der Waals surface area contributed by atoms with Gasteiger partial charge in [-0.15, -0.1) is 0 Å².